The molecule has 0 heterocycles. The van der Waals surface area contributed by atoms with Crippen molar-refractivity contribution in [1.29, 1.82) is 5.26 Å². The van der Waals surface area contributed by atoms with Gasteiger partial charge in [0.2, 0.25) is 0 Å². The molecule has 1 aliphatic rings. The first-order valence-electron chi connectivity index (χ1n) is 6.72. The summed E-state index contributed by atoms with van der Waals surface area (Å²) >= 11 is 0. The molecule has 18 heavy (non-hydrogen) atoms. The first-order chi connectivity index (χ1) is 8.72. The molecule has 1 aliphatic carbocycles. The predicted molar refractivity (Wildman–Crippen MR) is 71.1 cm³/mol. The third-order valence-corrected chi connectivity index (χ3v) is 3.83. The monoisotopic (exact) mass is 241 g/mol. The fraction of sp³-hybridized carbons (Fsp3) is 0.500. The number of ketones is 1. The second-order valence-electron chi connectivity index (χ2n) is 5.21. The molecule has 0 saturated heterocycles. The molecule has 0 aliphatic heterocycles. The van der Waals surface area contributed by atoms with E-state index in [-0.39, 0.29) is 11.7 Å². The van der Waals surface area contributed by atoms with Gasteiger partial charge >= 0.3 is 0 Å². The third kappa shape index (κ3) is 2.79. The first-order valence-corrected chi connectivity index (χ1v) is 6.72. The minimum atomic E-state index is -0.575. The number of carbonyl (C=O) groups excluding carboxylic acids is 1. The molecule has 1 aromatic rings. The number of benzene rings is 1. The van der Waals surface area contributed by atoms with Gasteiger partial charge in [-0.25, -0.2) is 0 Å². The highest BCUT2D eigenvalue weighted by Gasteiger charge is 2.29. The van der Waals surface area contributed by atoms with Crippen LogP contribution in [0.4, 0.5) is 0 Å². The zero-order chi connectivity index (χ0) is 13.0. The largest absolute Gasteiger partial charge is 0.298 e. The fourth-order valence-electron chi connectivity index (χ4n) is 2.68. The number of hydrogen-bond acceptors (Lipinski definition) is 2. The highest BCUT2D eigenvalue weighted by Crippen LogP contribution is 2.30. The molecule has 0 bridgehead atoms. The van der Waals surface area contributed by atoms with Crippen molar-refractivity contribution in [3.05, 3.63) is 35.4 Å². The summed E-state index contributed by atoms with van der Waals surface area (Å²) in [6.45, 7) is 2.01. The quantitative estimate of drug-likeness (QED) is 0.808. The molecule has 2 nitrogen and oxygen atoms in total. The second-order valence-corrected chi connectivity index (χ2v) is 5.21. The molecule has 0 radical (unpaired) electrons. The third-order valence-electron chi connectivity index (χ3n) is 3.83. The molecule has 0 amide bonds. The van der Waals surface area contributed by atoms with Gasteiger partial charge < -0.3 is 0 Å². The Morgan fingerprint density at radius 3 is 2.39 bits per heavy atom. The summed E-state index contributed by atoms with van der Waals surface area (Å²) in [4.78, 5) is 12.4. The van der Waals surface area contributed by atoms with E-state index in [0.717, 1.165) is 36.8 Å². The maximum atomic E-state index is 12.4. The van der Waals surface area contributed by atoms with Crippen molar-refractivity contribution < 1.29 is 4.79 Å². The SMILES string of the molecule is Cc1ccc(C(C#N)C(=O)C2CCCCC2)cc1. The highest BCUT2D eigenvalue weighted by molar-refractivity contribution is 5.90. The van der Waals surface area contributed by atoms with E-state index in [0.29, 0.717) is 0 Å². The summed E-state index contributed by atoms with van der Waals surface area (Å²) in [6, 6.07) is 9.93. The Hall–Kier alpha value is -1.62. The minimum Gasteiger partial charge on any atom is -0.298 e. The van der Waals surface area contributed by atoms with Gasteiger partial charge in [-0.1, -0.05) is 49.1 Å². The molecular weight excluding hydrogens is 222 g/mol. The van der Waals surface area contributed by atoms with Crippen molar-refractivity contribution in [1.82, 2.24) is 0 Å². The molecule has 0 spiro atoms. The van der Waals surface area contributed by atoms with Crippen LogP contribution in [-0.4, -0.2) is 5.78 Å². The lowest BCUT2D eigenvalue weighted by molar-refractivity contribution is -0.124. The number of hydrogen-bond donors (Lipinski definition) is 0. The lowest BCUT2D eigenvalue weighted by Gasteiger charge is -2.22. The average molecular weight is 241 g/mol. The molecular formula is C16H19NO. The van der Waals surface area contributed by atoms with Crippen molar-refractivity contribution in [3.8, 4) is 6.07 Å². The number of Topliss-reactive ketones (excluding diaryl/α,β-unsaturated/α-hetero) is 1. The van der Waals surface area contributed by atoms with Crippen LogP contribution in [0, 0.1) is 24.2 Å². The van der Waals surface area contributed by atoms with Gasteiger partial charge in [0.1, 0.15) is 5.92 Å². The molecule has 1 fully saturated rings. The summed E-state index contributed by atoms with van der Waals surface area (Å²) in [5.74, 6) is -0.348. The molecule has 1 unspecified atom stereocenters. The highest BCUT2D eigenvalue weighted by atomic mass is 16.1. The van der Waals surface area contributed by atoms with E-state index in [1.807, 2.05) is 31.2 Å². The van der Waals surface area contributed by atoms with Gasteiger partial charge in [0.05, 0.1) is 6.07 Å². The van der Waals surface area contributed by atoms with E-state index in [1.54, 1.807) is 0 Å². The Bertz CT molecular complexity index is 449. The fourth-order valence-corrected chi connectivity index (χ4v) is 2.68. The van der Waals surface area contributed by atoms with Crippen LogP contribution in [0.2, 0.25) is 0 Å². The van der Waals surface area contributed by atoms with E-state index in [2.05, 4.69) is 6.07 Å². The van der Waals surface area contributed by atoms with E-state index in [9.17, 15) is 10.1 Å². The van der Waals surface area contributed by atoms with E-state index in [4.69, 9.17) is 0 Å². The standard InChI is InChI=1S/C16H19NO/c1-12-7-9-13(10-8-12)15(11-17)16(18)14-5-3-2-4-6-14/h7-10,14-15H,2-6H2,1H3. The van der Waals surface area contributed by atoms with Crippen molar-refractivity contribution in [3.63, 3.8) is 0 Å². The van der Waals surface area contributed by atoms with E-state index in [1.165, 1.54) is 6.42 Å². The van der Waals surface area contributed by atoms with Crippen LogP contribution >= 0.6 is 0 Å². The van der Waals surface area contributed by atoms with Gasteiger partial charge in [0.15, 0.2) is 5.78 Å². The molecule has 0 N–H and O–H groups in total. The van der Waals surface area contributed by atoms with Crippen LogP contribution in [0.25, 0.3) is 0 Å². The molecule has 94 valence electrons. The predicted octanol–water partition coefficient (Wildman–Crippen LogP) is 3.75. The Morgan fingerprint density at radius 1 is 1.22 bits per heavy atom. The van der Waals surface area contributed by atoms with Crippen molar-refractivity contribution in [2.45, 2.75) is 44.9 Å². The molecule has 1 saturated carbocycles. The van der Waals surface area contributed by atoms with Gasteiger partial charge in [-0.05, 0) is 25.3 Å². The Morgan fingerprint density at radius 2 is 1.83 bits per heavy atom. The zero-order valence-electron chi connectivity index (χ0n) is 10.9. The molecule has 1 aromatic carbocycles. The molecule has 2 heteroatoms. The smallest absolute Gasteiger partial charge is 0.157 e. The van der Waals surface area contributed by atoms with Crippen LogP contribution in [-0.2, 0) is 4.79 Å². The van der Waals surface area contributed by atoms with Gasteiger partial charge in [-0.2, -0.15) is 5.26 Å². The number of aryl methyl sites for hydroxylation is 1. The molecule has 2 rings (SSSR count). The summed E-state index contributed by atoms with van der Waals surface area (Å²) < 4.78 is 0. The van der Waals surface area contributed by atoms with Gasteiger partial charge in [0.25, 0.3) is 0 Å². The van der Waals surface area contributed by atoms with Gasteiger partial charge in [-0.15, -0.1) is 0 Å². The topological polar surface area (TPSA) is 40.9 Å². The number of rotatable bonds is 3. The van der Waals surface area contributed by atoms with E-state index >= 15 is 0 Å². The maximum Gasteiger partial charge on any atom is 0.157 e. The van der Waals surface area contributed by atoms with Crippen LogP contribution < -0.4 is 0 Å². The van der Waals surface area contributed by atoms with Crippen LogP contribution in [0.15, 0.2) is 24.3 Å². The zero-order valence-corrected chi connectivity index (χ0v) is 10.9. The Balaban J connectivity index is 2.15. The van der Waals surface area contributed by atoms with Crippen LogP contribution in [0.1, 0.15) is 49.1 Å². The van der Waals surface area contributed by atoms with Crippen LogP contribution in [0.5, 0.6) is 0 Å². The summed E-state index contributed by atoms with van der Waals surface area (Å²) in [5, 5.41) is 9.28. The first kappa shape index (κ1) is 12.8. The lowest BCUT2D eigenvalue weighted by Crippen LogP contribution is -2.23. The number of nitriles is 1. The van der Waals surface area contributed by atoms with Gasteiger partial charge in [0, 0.05) is 5.92 Å². The van der Waals surface area contributed by atoms with Crippen LogP contribution in [0.3, 0.4) is 0 Å². The summed E-state index contributed by atoms with van der Waals surface area (Å²) in [5.41, 5.74) is 2.00. The normalized spacial score (nSPS) is 18.0. The molecule has 1 atom stereocenters. The maximum absolute atomic E-state index is 12.4. The van der Waals surface area contributed by atoms with Gasteiger partial charge in [-0.3, -0.25) is 4.79 Å². The Labute approximate surface area is 109 Å². The number of carbonyl (C=O) groups is 1. The van der Waals surface area contributed by atoms with Crippen molar-refractivity contribution in [2.24, 2.45) is 5.92 Å². The average Bonchev–Trinajstić information content (AvgIpc) is 2.42. The van der Waals surface area contributed by atoms with E-state index < -0.39 is 5.92 Å². The summed E-state index contributed by atoms with van der Waals surface area (Å²) in [7, 11) is 0. The lowest BCUT2D eigenvalue weighted by atomic mass is 9.80. The van der Waals surface area contributed by atoms with Crippen molar-refractivity contribution >= 4 is 5.78 Å². The Kier molecular flexibility index (Phi) is 4.15. The number of nitrogens with zero attached hydrogens (tertiary/aromatic N) is 1. The second kappa shape index (κ2) is 5.82. The summed E-state index contributed by atoms with van der Waals surface area (Å²) in [6.07, 6.45) is 5.40. The minimum absolute atomic E-state index is 0.102. The molecule has 0 aromatic heterocycles. The van der Waals surface area contributed by atoms with Crippen molar-refractivity contribution in [2.75, 3.05) is 0 Å².